The van der Waals surface area contributed by atoms with Crippen LogP contribution < -0.4 is 14.2 Å². The first-order valence-corrected chi connectivity index (χ1v) is 8.98. The smallest absolute Gasteiger partial charge is 0.165 e. The zero-order chi connectivity index (χ0) is 18.7. The number of phenols is 1. The van der Waals surface area contributed by atoms with E-state index < -0.39 is 0 Å². The molecule has 26 heavy (non-hydrogen) atoms. The molecule has 0 saturated heterocycles. The van der Waals surface area contributed by atoms with Gasteiger partial charge < -0.3 is 24.4 Å². The molecule has 0 aliphatic carbocycles. The fourth-order valence-corrected chi connectivity index (χ4v) is 3.64. The van der Waals surface area contributed by atoms with Gasteiger partial charge in [0, 0.05) is 18.1 Å². The predicted molar refractivity (Wildman–Crippen MR) is 99.5 cm³/mol. The van der Waals surface area contributed by atoms with E-state index in [9.17, 15) is 5.11 Å². The lowest BCUT2D eigenvalue weighted by molar-refractivity contribution is 0.200. The first kappa shape index (κ1) is 18.4. The minimum atomic E-state index is -0.161. The molecule has 140 valence electrons. The molecule has 0 spiro atoms. The second-order valence-corrected chi connectivity index (χ2v) is 6.53. The van der Waals surface area contributed by atoms with Crippen molar-refractivity contribution in [2.75, 3.05) is 20.8 Å². The second-order valence-electron chi connectivity index (χ2n) is 6.53. The van der Waals surface area contributed by atoms with Gasteiger partial charge in [-0.2, -0.15) is 0 Å². The van der Waals surface area contributed by atoms with E-state index in [1.807, 2.05) is 18.2 Å². The van der Waals surface area contributed by atoms with Crippen LogP contribution in [0.3, 0.4) is 0 Å². The molecule has 1 aliphatic heterocycles. The summed E-state index contributed by atoms with van der Waals surface area (Å²) in [6.07, 6.45) is 2.27. The van der Waals surface area contributed by atoms with Gasteiger partial charge in [0.05, 0.1) is 14.2 Å². The largest absolute Gasteiger partial charge is 0.504 e. The lowest BCUT2D eigenvalue weighted by Gasteiger charge is -2.19. The Morgan fingerprint density at radius 3 is 2.50 bits per heavy atom. The zero-order valence-electron chi connectivity index (χ0n) is 15.5. The zero-order valence-corrected chi connectivity index (χ0v) is 15.5. The Hall–Kier alpha value is -2.40. The number of fused-ring (bicyclic) bond motifs is 1. The maximum absolute atomic E-state index is 9.87. The Morgan fingerprint density at radius 1 is 1.08 bits per heavy atom. The number of phenolic OH excluding ortho intramolecular Hbond substituents is 1. The van der Waals surface area contributed by atoms with Crippen LogP contribution in [0.4, 0.5) is 0 Å². The number of hydrogen-bond acceptors (Lipinski definition) is 5. The van der Waals surface area contributed by atoms with Crippen LogP contribution in [0.1, 0.15) is 48.5 Å². The third-order valence-electron chi connectivity index (χ3n) is 4.97. The van der Waals surface area contributed by atoms with Gasteiger partial charge >= 0.3 is 0 Å². The standard InChI is InChI=1S/C21H26O5/c1-4-15-16-10-13(6-5-9-22)11-19(25-3)21(16)26-20(15)14-7-8-17(23)18(12-14)24-2/h7-8,10-12,15,20,22-23H,4-6,9H2,1-3H3/t15-,20-/m0/s1. The molecule has 3 rings (SSSR count). The van der Waals surface area contributed by atoms with Crippen molar-refractivity contribution in [2.24, 2.45) is 0 Å². The van der Waals surface area contributed by atoms with Crippen molar-refractivity contribution < 1.29 is 24.4 Å². The SMILES string of the molecule is CC[C@H]1c2cc(CCCO)cc(OC)c2O[C@H]1c1ccc(O)c(OC)c1. The van der Waals surface area contributed by atoms with E-state index in [4.69, 9.17) is 19.3 Å². The van der Waals surface area contributed by atoms with Crippen molar-refractivity contribution in [3.8, 4) is 23.0 Å². The minimum Gasteiger partial charge on any atom is -0.504 e. The number of aryl methyl sites for hydroxylation is 1. The Labute approximate surface area is 154 Å². The lowest BCUT2D eigenvalue weighted by atomic mass is 9.87. The lowest BCUT2D eigenvalue weighted by Crippen LogP contribution is -2.09. The quantitative estimate of drug-likeness (QED) is 0.784. The molecule has 0 amide bonds. The van der Waals surface area contributed by atoms with Gasteiger partial charge in [0.1, 0.15) is 6.10 Å². The normalized spacial score (nSPS) is 18.3. The van der Waals surface area contributed by atoms with Crippen LogP contribution in [0.15, 0.2) is 30.3 Å². The van der Waals surface area contributed by atoms with Crippen molar-refractivity contribution in [2.45, 2.75) is 38.2 Å². The number of hydrogen-bond donors (Lipinski definition) is 2. The van der Waals surface area contributed by atoms with Crippen LogP contribution in [-0.4, -0.2) is 31.0 Å². The van der Waals surface area contributed by atoms with Crippen LogP contribution in [0.2, 0.25) is 0 Å². The number of rotatable bonds is 7. The number of ether oxygens (including phenoxy) is 3. The van der Waals surface area contributed by atoms with E-state index in [-0.39, 0.29) is 24.4 Å². The number of methoxy groups -OCH3 is 2. The molecule has 5 heteroatoms. The monoisotopic (exact) mass is 358 g/mol. The van der Waals surface area contributed by atoms with E-state index in [1.165, 1.54) is 7.11 Å². The van der Waals surface area contributed by atoms with Gasteiger partial charge in [-0.3, -0.25) is 0 Å². The Kier molecular flexibility index (Phi) is 5.57. The van der Waals surface area contributed by atoms with E-state index in [0.29, 0.717) is 5.75 Å². The molecule has 5 nitrogen and oxygen atoms in total. The van der Waals surface area contributed by atoms with Crippen LogP contribution in [-0.2, 0) is 6.42 Å². The molecule has 2 N–H and O–H groups in total. The first-order chi connectivity index (χ1) is 12.6. The van der Waals surface area contributed by atoms with Gasteiger partial charge in [0.25, 0.3) is 0 Å². The summed E-state index contributed by atoms with van der Waals surface area (Å²) in [6, 6.07) is 9.49. The Bertz CT molecular complexity index is 771. The van der Waals surface area contributed by atoms with E-state index in [1.54, 1.807) is 13.2 Å². The van der Waals surface area contributed by atoms with Gasteiger partial charge in [-0.1, -0.05) is 19.1 Å². The molecule has 2 atom stereocenters. The van der Waals surface area contributed by atoms with E-state index in [2.05, 4.69) is 13.0 Å². The third-order valence-corrected chi connectivity index (χ3v) is 4.97. The highest BCUT2D eigenvalue weighted by Crippen LogP contribution is 2.52. The van der Waals surface area contributed by atoms with Crippen molar-refractivity contribution in [1.82, 2.24) is 0 Å². The first-order valence-electron chi connectivity index (χ1n) is 8.98. The minimum absolute atomic E-state index is 0.115. The Balaban J connectivity index is 2.00. The summed E-state index contributed by atoms with van der Waals surface area (Å²) in [6.45, 7) is 2.31. The maximum atomic E-state index is 9.87. The number of aromatic hydroxyl groups is 1. The molecule has 0 radical (unpaired) electrons. The summed E-state index contributed by atoms with van der Waals surface area (Å²) < 4.78 is 17.1. The molecule has 0 aromatic heterocycles. The summed E-state index contributed by atoms with van der Waals surface area (Å²) in [5.41, 5.74) is 3.24. The van der Waals surface area contributed by atoms with Gasteiger partial charge in [0.15, 0.2) is 23.0 Å². The highest BCUT2D eigenvalue weighted by atomic mass is 16.5. The number of aliphatic hydroxyl groups is 1. The average Bonchev–Trinajstić information content (AvgIpc) is 3.04. The fraction of sp³-hybridized carbons (Fsp3) is 0.429. The summed E-state index contributed by atoms with van der Waals surface area (Å²) in [5, 5.41) is 19.0. The molecule has 0 unspecified atom stereocenters. The van der Waals surface area contributed by atoms with Crippen LogP contribution in [0, 0.1) is 0 Å². The van der Waals surface area contributed by atoms with Crippen molar-refractivity contribution >= 4 is 0 Å². The van der Waals surface area contributed by atoms with Crippen LogP contribution >= 0.6 is 0 Å². The van der Waals surface area contributed by atoms with Gasteiger partial charge in [-0.05, 0) is 48.6 Å². The van der Waals surface area contributed by atoms with Gasteiger partial charge in [0.2, 0.25) is 0 Å². The second kappa shape index (κ2) is 7.87. The summed E-state index contributed by atoms with van der Waals surface area (Å²) in [5.74, 6) is 2.24. The molecule has 2 aromatic rings. The number of aliphatic hydroxyl groups excluding tert-OH is 1. The van der Waals surface area contributed by atoms with Gasteiger partial charge in [-0.25, -0.2) is 0 Å². The molecule has 1 heterocycles. The van der Waals surface area contributed by atoms with E-state index in [0.717, 1.165) is 47.5 Å². The van der Waals surface area contributed by atoms with Crippen molar-refractivity contribution in [1.29, 1.82) is 0 Å². The summed E-state index contributed by atoms with van der Waals surface area (Å²) in [7, 11) is 3.18. The average molecular weight is 358 g/mol. The molecule has 1 aliphatic rings. The third kappa shape index (κ3) is 3.31. The van der Waals surface area contributed by atoms with Crippen molar-refractivity contribution in [3.05, 3.63) is 47.0 Å². The molecule has 0 saturated carbocycles. The molecular formula is C21H26O5. The maximum Gasteiger partial charge on any atom is 0.165 e. The highest BCUT2D eigenvalue weighted by molar-refractivity contribution is 5.55. The summed E-state index contributed by atoms with van der Waals surface area (Å²) in [4.78, 5) is 0. The highest BCUT2D eigenvalue weighted by Gasteiger charge is 2.37. The molecule has 2 aromatic carbocycles. The van der Waals surface area contributed by atoms with Crippen molar-refractivity contribution in [3.63, 3.8) is 0 Å². The number of benzene rings is 2. The molecular weight excluding hydrogens is 332 g/mol. The molecule has 0 fully saturated rings. The Morgan fingerprint density at radius 2 is 1.85 bits per heavy atom. The predicted octanol–water partition coefficient (Wildman–Crippen LogP) is 3.96. The topological polar surface area (TPSA) is 68.2 Å². The van der Waals surface area contributed by atoms with Crippen LogP contribution in [0.25, 0.3) is 0 Å². The summed E-state index contributed by atoms with van der Waals surface area (Å²) >= 11 is 0. The molecule has 0 bridgehead atoms. The van der Waals surface area contributed by atoms with Gasteiger partial charge in [-0.15, -0.1) is 0 Å². The van der Waals surface area contributed by atoms with E-state index >= 15 is 0 Å². The fourth-order valence-electron chi connectivity index (χ4n) is 3.64. The van der Waals surface area contributed by atoms with Crippen LogP contribution in [0.5, 0.6) is 23.0 Å².